The van der Waals surface area contributed by atoms with Gasteiger partial charge in [-0.05, 0) is 13.8 Å². The number of imidazole rings is 1. The van der Waals surface area contributed by atoms with Crippen LogP contribution in [0, 0.1) is 18.8 Å². The Labute approximate surface area is 98.0 Å². The number of nitrogens with zero attached hydrogens (tertiary/aromatic N) is 5. The van der Waals surface area contributed by atoms with Crippen LogP contribution in [-0.2, 0) is 6.54 Å². The second kappa shape index (κ2) is 4.36. The van der Waals surface area contributed by atoms with Gasteiger partial charge >= 0.3 is 0 Å². The van der Waals surface area contributed by atoms with Gasteiger partial charge < -0.3 is 9.09 Å². The third-order valence-corrected chi connectivity index (χ3v) is 2.60. The number of hydrogen-bond acceptors (Lipinski definition) is 5. The molecule has 90 valence electrons. The standard InChI is InChI=1S/C10H13N5O2/c1-7-9(8(2)17-12-7)4-15-5-10(11-6-15)14(3)13-16/h5-6H,4H2,1-3H3. The molecule has 0 saturated carbocycles. The van der Waals surface area contributed by atoms with E-state index >= 15 is 0 Å². The highest BCUT2D eigenvalue weighted by atomic mass is 16.5. The Kier molecular flexibility index (Phi) is 2.90. The van der Waals surface area contributed by atoms with Crippen LogP contribution in [0.3, 0.4) is 0 Å². The zero-order valence-electron chi connectivity index (χ0n) is 9.91. The van der Waals surface area contributed by atoms with E-state index in [-0.39, 0.29) is 0 Å². The molecule has 0 N–H and O–H groups in total. The fraction of sp³-hybridized carbons (Fsp3) is 0.400. The van der Waals surface area contributed by atoms with E-state index in [1.165, 1.54) is 5.01 Å². The van der Waals surface area contributed by atoms with Crippen molar-refractivity contribution in [3.05, 3.63) is 34.4 Å². The maximum Gasteiger partial charge on any atom is 0.169 e. The second-order valence-electron chi connectivity index (χ2n) is 3.81. The van der Waals surface area contributed by atoms with E-state index in [1.807, 2.05) is 18.4 Å². The van der Waals surface area contributed by atoms with Crippen LogP contribution in [-0.4, -0.2) is 21.8 Å². The van der Waals surface area contributed by atoms with Crippen molar-refractivity contribution in [3.8, 4) is 0 Å². The van der Waals surface area contributed by atoms with Crippen molar-refractivity contribution >= 4 is 5.82 Å². The zero-order valence-corrected chi connectivity index (χ0v) is 9.91. The molecule has 2 rings (SSSR count). The second-order valence-corrected chi connectivity index (χ2v) is 3.81. The lowest BCUT2D eigenvalue weighted by Gasteiger charge is -2.03. The van der Waals surface area contributed by atoms with E-state index in [0.29, 0.717) is 12.4 Å². The summed E-state index contributed by atoms with van der Waals surface area (Å²) in [6, 6.07) is 0. The fourth-order valence-electron chi connectivity index (χ4n) is 1.55. The molecule has 7 nitrogen and oxygen atoms in total. The van der Waals surface area contributed by atoms with Crippen LogP contribution >= 0.6 is 0 Å². The molecule has 0 aliphatic carbocycles. The number of nitroso groups, excluding NO2 is 1. The molecule has 0 amide bonds. The molecule has 0 radical (unpaired) electrons. The van der Waals surface area contributed by atoms with Crippen molar-refractivity contribution in [3.63, 3.8) is 0 Å². The van der Waals surface area contributed by atoms with Gasteiger partial charge in [0, 0.05) is 18.8 Å². The van der Waals surface area contributed by atoms with Gasteiger partial charge in [-0.25, -0.2) is 9.99 Å². The normalized spacial score (nSPS) is 10.5. The minimum absolute atomic E-state index is 0.506. The van der Waals surface area contributed by atoms with E-state index in [1.54, 1.807) is 19.6 Å². The maximum absolute atomic E-state index is 10.3. The van der Waals surface area contributed by atoms with Crippen molar-refractivity contribution in [2.24, 2.45) is 5.29 Å². The van der Waals surface area contributed by atoms with Gasteiger partial charge in [0.2, 0.25) is 0 Å². The van der Waals surface area contributed by atoms with Gasteiger partial charge in [-0.1, -0.05) is 5.16 Å². The Morgan fingerprint density at radius 3 is 2.88 bits per heavy atom. The Morgan fingerprint density at radius 1 is 1.53 bits per heavy atom. The van der Waals surface area contributed by atoms with Gasteiger partial charge in [-0.3, -0.25) is 0 Å². The summed E-state index contributed by atoms with van der Waals surface area (Å²) in [7, 11) is 1.55. The first kappa shape index (κ1) is 11.3. The quantitative estimate of drug-likeness (QED) is 0.595. The average molecular weight is 235 g/mol. The highest BCUT2D eigenvalue weighted by molar-refractivity contribution is 5.33. The SMILES string of the molecule is Cc1noc(C)c1Cn1cnc(N(C)N=O)c1. The molecule has 0 saturated heterocycles. The van der Waals surface area contributed by atoms with Gasteiger partial charge in [-0.2, -0.15) is 0 Å². The number of hydrogen-bond donors (Lipinski definition) is 0. The molecule has 2 aromatic rings. The number of aromatic nitrogens is 3. The highest BCUT2D eigenvalue weighted by Crippen LogP contribution is 2.16. The molecule has 2 aromatic heterocycles. The third kappa shape index (κ3) is 2.17. The van der Waals surface area contributed by atoms with E-state index in [2.05, 4.69) is 15.4 Å². The Hall–Kier alpha value is -2.18. The predicted octanol–water partition coefficient (Wildman–Crippen LogP) is 1.65. The molecule has 0 atom stereocenters. The van der Waals surface area contributed by atoms with Gasteiger partial charge in [0.15, 0.2) is 5.82 Å². The molecule has 7 heteroatoms. The van der Waals surface area contributed by atoms with Crippen LogP contribution in [0.15, 0.2) is 22.3 Å². The fourth-order valence-corrected chi connectivity index (χ4v) is 1.55. The Bertz CT molecular complexity index is 511. The summed E-state index contributed by atoms with van der Waals surface area (Å²) in [6.45, 7) is 4.37. The van der Waals surface area contributed by atoms with E-state index in [9.17, 15) is 4.91 Å². The van der Waals surface area contributed by atoms with Crippen molar-refractivity contribution in [1.82, 2.24) is 14.7 Å². The molecular formula is C10H13N5O2. The van der Waals surface area contributed by atoms with Gasteiger partial charge in [0.1, 0.15) is 5.76 Å². The van der Waals surface area contributed by atoms with Crippen molar-refractivity contribution in [1.29, 1.82) is 0 Å². The third-order valence-electron chi connectivity index (χ3n) is 2.60. The van der Waals surface area contributed by atoms with Gasteiger partial charge in [0.25, 0.3) is 0 Å². The van der Waals surface area contributed by atoms with E-state index < -0.39 is 0 Å². The monoisotopic (exact) mass is 235 g/mol. The minimum atomic E-state index is 0.506. The first-order valence-corrected chi connectivity index (χ1v) is 5.12. The topological polar surface area (TPSA) is 76.5 Å². The molecule has 0 aliphatic rings. The summed E-state index contributed by atoms with van der Waals surface area (Å²) in [6.07, 6.45) is 3.39. The zero-order chi connectivity index (χ0) is 12.4. The summed E-state index contributed by atoms with van der Waals surface area (Å²) >= 11 is 0. The van der Waals surface area contributed by atoms with Gasteiger partial charge in [0.05, 0.1) is 23.9 Å². The maximum atomic E-state index is 10.3. The summed E-state index contributed by atoms with van der Waals surface area (Å²) in [5.74, 6) is 1.30. The Morgan fingerprint density at radius 2 is 2.29 bits per heavy atom. The molecule has 2 heterocycles. The van der Waals surface area contributed by atoms with Crippen LogP contribution < -0.4 is 5.01 Å². The lowest BCUT2D eigenvalue weighted by molar-refractivity contribution is 0.392. The van der Waals surface area contributed by atoms with Crippen molar-refractivity contribution in [2.45, 2.75) is 20.4 Å². The lowest BCUT2D eigenvalue weighted by atomic mass is 10.2. The molecule has 0 fully saturated rings. The first-order chi connectivity index (χ1) is 8.11. The molecule has 0 aromatic carbocycles. The van der Waals surface area contributed by atoms with Crippen LogP contribution in [0.2, 0.25) is 0 Å². The molecule has 0 aliphatic heterocycles. The number of rotatable bonds is 4. The number of anilines is 1. The smallest absolute Gasteiger partial charge is 0.169 e. The van der Waals surface area contributed by atoms with E-state index in [0.717, 1.165) is 17.0 Å². The van der Waals surface area contributed by atoms with Crippen LogP contribution in [0.25, 0.3) is 0 Å². The minimum Gasteiger partial charge on any atom is -0.361 e. The summed E-state index contributed by atoms with van der Waals surface area (Å²) < 4.78 is 6.93. The largest absolute Gasteiger partial charge is 0.361 e. The molecule has 17 heavy (non-hydrogen) atoms. The summed E-state index contributed by atoms with van der Waals surface area (Å²) in [4.78, 5) is 14.4. The lowest BCUT2D eigenvalue weighted by Crippen LogP contribution is -2.07. The van der Waals surface area contributed by atoms with Gasteiger partial charge in [-0.15, -0.1) is 4.91 Å². The molecule has 0 bridgehead atoms. The van der Waals surface area contributed by atoms with Crippen LogP contribution in [0.5, 0.6) is 0 Å². The van der Waals surface area contributed by atoms with Crippen LogP contribution in [0.4, 0.5) is 5.82 Å². The Balaban J connectivity index is 2.20. The highest BCUT2D eigenvalue weighted by Gasteiger charge is 2.11. The van der Waals surface area contributed by atoms with Crippen molar-refractivity contribution < 1.29 is 4.52 Å². The molecule has 0 spiro atoms. The average Bonchev–Trinajstić information content (AvgIpc) is 2.90. The molecular weight excluding hydrogens is 222 g/mol. The first-order valence-electron chi connectivity index (χ1n) is 5.12. The summed E-state index contributed by atoms with van der Waals surface area (Å²) in [5.41, 5.74) is 1.88. The number of aryl methyl sites for hydroxylation is 2. The molecule has 0 unspecified atom stereocenters. The van der Waals surface area contributed by atoms with E-state index in [4.69, 9.17) is 4.52 Å². The van der Waals surface area contributed by atoms with Crippen LogP contribution in [0.1, 0.15) is 17.0 Å². The predicted molar refractivity (Wildman–Crippen MR) is 61.5 cm³/mol. The summed E-state index contributed by atoms with van der Waals surface area (Å²) in [5, 5.41) is 7.83. The van der Waals surface area contributed by atoms with Crippen molar-refractivity contribution in [2.75, 3.05) is 12.1 Å².